The summed E-state index contributed by atoms with van der Waals surface area (Å²) in [6, 6.07) is 0. The van der Waals surface area contributed by atoms with Crippen molar-refractivity contribution in [3.8, 4) is 0 Å². The number of rotatable bonds is 46. The Labute approximate surface area is 441 Å². The quantitative estimate of drug-likeness (QED) is 0.0228. The molecular formula is C61H98O12. The third-order valence-electron chi connectivity index (χ3n) is 12.2. The number of esters is 3. The lowest BCUT2D eigenvalue weighted by molar-refractivity contribution is -0.301. The average Bonchev–Trinajstić information content (AvgIpc) is 3.37. The molecule has 1 aliphatic heterocycles. The number of aliphatic hydroxyl groups excluding tert-OH is 2. The molecule has 1 heterocycles. The van der Waals surface area contributed by atoms with Crippen LogP contribution in [-0.4, -0.2) is 89.2 Å². The van der Waals surface area contributed by atoms with Crippen LogP contribution in [0.5, 0.6) is 0 Å². The van der Waals surface area contributed by atoms with E-state index in [1.165, 1.54) is 44.9 Å². The Kier molecular flexibility index (Phi) is 44.4. The Balaban J connectivity index is 2.75. The monoisotopic (exact) mass is 1020 g/mol. The first-order valence-electron chi connectivity index (χ1n) is 28.2. The molecule has 3 N–H and O–H groups in total. The molecule has 12 nitrogen and oxygen atoms in total. The lowest BCUT2D eigenvalue weighted by atomic mass is 9.98. The number of carbonyl (C=O) groups excluding carboxylic acids is 3. The molecule has 1 fully saturated rings. The first-order valence-corrected chi connectivity index (χ1v) is 28.2. The standard InChI is InChI=1S/C61H98O12/c1-4-7-10-13-16-19-21-23-25-26-27-28-30-31-33-36-38-41-44-47-53(62)69-50-52(71-54(63)48-45-42-40-37-34-32-29-24-22-20-17-14-11-8-5-2)51-70-61-59(57(66)56(65)58(73-61)60(67)68)72-55(64)49-46-43-39-35-18-15-12-9-6-3/h7,10,16-17,19-20,23-25,27-29,31,33,38,41,52,56-59,61,65-66H,4-6,8-9,11-15,18,21-22,26,30,32,34-37,39-40,42-51H2,1-3H3,(H,67,68)/b10-7-,19-16-,20-17-,25-23-,28-27-,29-24-,33-31-,41-38-. The van der Waals surface area contributed by atoms with Gasteiger partial charge >= 0.3 is 23.9 Å². The molecule has 0 aliphatic carbocycles. The van der Waals surface area contributed by atoms with E-state index in [1.807, 2.05) is 12.2 Å². The lowest BCUT2D eigenvalue weighted by Crippen LogP contribution is -2.61. The maximum absolute atomic E-state index is 13.1. The molecule has 414 valence electrons. The zero-order valence-electron chi connectivity index (χ0n) is 45.3. The molecule has 0 spiro atoms. The molecule has 0 saturated carbocycles. The number of aliphatic carboxylic acids is 1. The molecule has 0 aromatic heterocycles. The van der Waals surface area contributed by atoms with Crippen LogP contribution in [0, 0.1) is 0 Å². The number of carboxylic acid groups (broad SMARTS) is 1. The summed E-state index contributed by atoms with van der Waals surface area (Å²) in [5.41, 5.74) is 0. The van der Waals surface area contributed by atoms with E-state index in [0.717, 1.165) is 109 Å². The Bertz CT molecular complexity index is 1640. The molecule has 1 saturated heterocycles. The Morgan fingerprint density at radius 2 is 0.890 bits per heavy atom. The van der Waals surface area contributed by atoms with Gasteiger partial charge in [0.05, 0.1) is 6.61 Å². The third kappa shape index (κ3) is 38.8. The zero-order chi connectivity index (χ0) is 53.3. The summed E-state index contributed by atoms with van der Waals surface area (Å²) in [5, 5.41) is 31.3. The second kappa shape index (κ2) is 48.6. The largest absolute Gasteiger partial charge is 0.479 e. The molecule has 1 aliphatic rings. The highest BCUT2D eigenvalue weighted by atomic mass is 16.7. The van der Waals surface area contributed by atoms with E-state index in [-0.39, 0.29) is 25.9 Å². The fourth-order valence-corrected chi connectivity index (χ4v) is 7.83. The molecule has 6 unspecified atom stereocenters. The zero-order valence-corrected chi connectivity index (χ0v) is 45.3. The Hall–Kier alpha value is -4.36. The summed E-state index contributed by atoms with van der Waals surface area (Å²) in [4.78, 5) is 50.9. The van der Waals surface area contributed by atoms with Crippen molar-refractivity contribution in [2.24, 2.45) is 0 Å². The van der Waals surface area contributed by atoms with Crippen LogP contribution in [0.25, 0.3) is 0 Å². The van der Waals surface area contributed by atoms with Crippen LogP contribution in [0.4, 0.5) is 0 Å². The fraction of sp³-hybridized carbons (Fsp3) is 0.672. The van der Waals surface area contributed by atoms with E-state index >= 15 is 0 Å². The fourth-order valence-electron chi connectivity index (χ4n) is 7.83. The average molecular weight is 1020 g/mol. The SMILES string of the molecule is CC/C=C\C/C=C\C/C=C\C/C=C\C/C=C\C/C=C\CCC(=O)OCC(COC1OC(C(=O)O)C(O)C(O)C1OC(=O)CCCCCCCCCCC)OC(=O)CCCCCCC/C=C\C/C=C\CCCCC. The Morgan fingerprint density at radius 3 is 1.40 bits per heavy atom. The van der Waals surface area contributed by atoms with E-state index in [0.29, 0.717) is 19.3 Å². The molecule has 0 radical (unpaired) electrons. The van der Waals surface area contributed by atoms with E-state index in [4.69, 9.17) is 23.7 Å². The minimum atomic E-state index is -1.91. The molecule has 0 amide bonds. The van der Waals surface area contributed by atoms with Gasteiger partial charge in [-0.05, 0) is 89.9 Å². The van der Waals surface area contributed by atoms with Crippen molar-refractivity contribution in [2.75, 3.05) is 13.2 Å². The highest BCUT2D eigenvalue weighted by Crippen LogP contribution is 2.26. The third-order valence-corrected chi connectivity index (χ3v) is 12.2. The van der Waals surface area contributed by atoms with Crippen molar-refractivity contribution >= 4 is 23.9 Å². The maximum Gasteiger partial charge on any atom is 0.335 e. The molecule has 0 aromatic rings. The number of allylic oxidation sites excluding steroid dienone is 16. The lowest BCUT2D eigenvalue weighted by Gasteiger charge is -2.40. The van der Waals surface area contributed by atoms with Gasteiger partial charge in [-0.15, -0.1) is 0 Å². The number of hydrogen-bond donors (Lipinski definition) is 3. The van der Waals surface area contributed by atoms with Gasteiger partial charge in [-0.3, -0.25) is 14.4 Å². The molecule has 6 atom stereocenters. The highest BCUT2D eigenvalue weighted by Gasteiger charge is 2.50. The van der Waals surface area contributed by atoms with E-state index < -0.39 is 67.3 Å². The van der Waals surface area contributed by atoms with E-state index in [9.17, 15) is 34.5 Å². The van der Waals surface area contributed by atoms with Gasteiger partial charge in [0.25, 0.3) is 0 Å². The minimum absolute atomic E-state index is 0.0488. The predicted octanol–water partition coefficient (Wildman–Crippen LogP) is 14.1. The van der Waals surface area contributed by atoms with Crippen LogP contribution in [-0.2, 0) is 42.9 Å². The highest BCUT2D eigenvalue weighted by molar-refractivity contribution is 5.74. The smallest absolute Gasteiger partial charge is 0.335 e. The number of unbranched alkanes of at least 4 members (excludes halogenated alkanes) is 16. The van der Waals surface area contributed by atoms with Gasteiger partial charge in [0.15, 0.2) is 24.6 Å². The number of carbonyl (C=O) groups is 4. The van der Waals surface area contributed by atoms with Gasteiger partial charge in [-0.2, -0.15) is 0 Å². The van der Waals surface area contributed by atoms with Crippen LogP contribution in [0.15, 0.2) is 97.2 Å². The van der Waals surface area contributed by atoms with Crippen LogP contribution >= 0.6 is 0 Å². The molecular weight excluding hydrogens is 925 g/mol. The number of hydrogen-bond acceptors (Lipinski definition) is 11. The molecule has 12 heteroatoms. The second-order valence-corrected chi connectivity index (χ2v) is 18.8. The van der Waals surface area contributed by atoms with Crippen LogP contribution in [0.3, 0.4) is 0 Å². The summed E-state index contributed by atoms with van der Waals surface area (Å²) < 4.78 is 28.2. The predicted molar refractivity (Wildman–Crippen MR) is 294 cm³/mol. The van der Waals surface area contributed by atoms with Crippen molar-refractivity contribution < 1.29 is 58.2 Å². The first kappa shape index (κ1) is 66.7. The van der Waals surface area contributed by atoms with Crippen molar-refractivity contribution in [2.45, 2.75) is 250 Å². The van der Waals surface area contributed by atoms with E-state index in [1.54, 1.807) is 0 Å². The summed E-state index contributed by atoms with van der Waals surface area (Å²) in [6.45, 7) is 5.72. The Morgan fingerprint density at radius 1 is 0.466 bits per heavy atom. The van der Waals surface area contributed by atoms with Crippen molar-refractivity contribution in [3.63, 3.8) is 0 Å². The van der Waals surface area contributed by atoms with E-state index in [2.05, 4.69) is 106 Å². The minimum Gasteiger partial charge on any atom is -0.479 e. The second-order valence-electron chi connectivity index (χ2n) is 18.8. The normalized spacial score (nSPS) is 19.1. The van der Waals surface area contributed by atoms with Crippen molar-refractivity contribution in [1.82, 2.24) is 0 Å². The van der Waals surface area contributed by atoms with Crippen LogP contribution < -0.4 is 0 Å². The summed E-state index contributed by atoms with van der Waals surface area (Å²) in [7, 11) is 0. The molecule has 73 heavy (non-hydrogen) atoms. The topological polar surface area (TPSA) is 175 Å². The first-order chi connectivity index (χ1) is 35.6. The number of ether oxygens (including phenoxy) is 5. The van der Waals surface area contributed by atoms with Gasteiger partial charge < -0.3 is 39.0 Å². The molecule has 0 aromatic carbocycles. The number of carboxylic acids is 1. The van der Waals surface area contributed by atoms with Gasteiger partial charge in [0.1, 0.15) is 18.8 Å². The van der Waals surface area contributed by atoms with Crippen LogP contribution in [0.1, 0.15) is 213 Å². The van der Waals surface area contributed by atoms with Gasteiger partial charge in [0.2, 0.25) is 0 Å². The van der Waals surface area contributed by atoms with Crippen LogP contribution in [0.2, 0.25) is 0 Å². The molecule has 1 rings (SSSR count). The molecule has 0 bridgehead atoms. The summed E-state index contributed by atoms with van der Waals surface area (Å²) in [6.07, 6.45) is 51.2. The summed E-state index contributed by atoms with van der Waals surface area (Å²) >= 11 is 0. The van der Waals surface area contributed by atoms with Crippen molar-refractivity contribution in [1.29, 1.82) is 0 Å². The maximum atomic E-state index is 13.1. The van der Waals surface area contributed by atoms with Crippen molar-refractivity contribution in [3.05, 3.63) is 97.2 Å². The van der Waals surface area contributed by atoms with Gasteiger partial charge in [0, 0.05) is 19.3 Å². The van der Waals surface area contributed by atoms with Gasteiger partial charge in [-0.1, -0.05) is 201 Å². The summed E-state index contributed by atoms with van der Waals surface area (Å²) in [5.74, 6) is -3.26. The number of aliphatic hydroxyl groups is 2. The van der Waals surface area contributed by atoms with Gasteiger partial charge in [-0.25, -0.2) is 4.79 Å².